The molecule has 0 unspecified atom stereocenters. The SMILES string of the molecule is Cn1c(=O)c2cc(C(=O)NC3=NCCS3)cnc2n(C)c1=O. The van der Waals surface area contributed by atoms with Gasteiger partial charge in [-0.3, -0.25) is 23.7 Å². The van der Waals surface area contributed by atoms with Crippen LogP contribution in [0, 0.1) is 0 Å². The molecule has 1 aliphatic heterocycles. The summed E-state index contributed by atoms with van der Waals surface area (Å²) >= 11 is 1.47. The molecule has 0 bridgehead atoms. The number of pyridine rings is 1. The number of fused-ring (bicyclic) bond motifs is 1. The Balaban J connectivity index is 2.08. The molecule has 9 heteroatoms. The maximum atomic E-state index is 12.2. The molecule has 3 rings (SSSR count). The molecule has 0 saturated carbocycles. The number of nitrogens with one attached hydrogen (secondary N) is 1. The Bertz CT molecular complexity index is 928. The maximum Gasteiger partial charge on any atom is 0.332 e. The second-order valence-electron chi connectivity index (χ2n) is 4.79. The van der Waals surface area contributed by atoms with E-state index in [0.29, 0.717) is 11.7 Å². The zero-order valence-corrected chi connectivity index (χ0v) is 12.8. The lowest BCUT2D eigenvalue weighted by molar-refractivity contribution is 0.0978. The van der Waals surface area contributed by atoms with Crippen molar-refractivity contribution in [1.82, 2.24) is 19.4 Å². The summed E-state index contributed by atoms with van der Waals surface area (Å²) in [5.74, 6) is 0.465. The fraction of sp³-hybridized carbons (Fsp3) is 0.308. The van der Waals surface area contributed by atoms with Gasteiger partial charge in [0.05, 0.1) is 17.5 Å². The molecule has 0 fully saturated rings. The van der Waals surface area contributed by atoms with E-state index < -0.39 is 11.2 Å². The first kappa shape index (κ1) is 14.5. The standard InChI is InChI=1S/C13H13N5O3S/c1-17-9-8(11(20)18(2)13(17)21)5-7(6-15-9)10(19)16-12-14-3-4-22-12/h5-6H,3-4H2,1-2H3,(H,14,16,19). The van der Waals surface area contributed by atoms with Crippen molar-refractivity contribution in [2.45, 2.75) is 0 Å². The van der Waals surface area contributed by atoms with E-state index in [9.17, 15) is 14.4 Å². The molecule has 0 spiro atoms. The molecule has 0 aromatic carbocycles. The Labute approximate surface area is 128 Å². The second-order valence-corrected chi connectivity index (χ2v) is 5.87. The van der Waals surface area contributed by atoms with E-state index in [1.807, 2.05) is 0 Å². The van der Waals surface area contributed by atoms with Gasteiger partial charge >= 0.3 is 5.69 Å². The van der Waals surface area contributed by atoms with Crippen LogP contribution in [0.2, 0.25) is 0 Å². The van der Waals surface area contributed by atoms with E-state index in [-0.39, 0.29) is 22.5 Å². The number of amidine groups is 1. The van der Waals surface area contributed by atoms with Crippen molar-refractivity contribution in [3.63, 3.8) is 0 Å². The van der Waals surface area contributed by atoms with Crippen molar-refractivity contribution in [3.8, 4) is 0 Å². The molecule has 22 heavy (non-hydrogen) atoms. The van der Waals surface area contributed by atoms with Crippen molar-refractivity contribution >= 4 is 33.9 Å². The lowest BCUT2D eigenvalue weighted by Crippen LogP contribution is -2.37. The summed E-state index contributed by atoms with van der Waals surface area (Å²) in [6, 6.07) is 1.44. The zero-order valence-electron chi connectivity index (χ0n) is 12.0. The number of carbonyl (C=O) groups excluding carboxylic acids is 1. The molecule has 1 aliphatic rings. The summed E-state index contributed by atoms with van der Waals surface area (Å²) in [7, 11) is 2.92. The van der Waals surface area contributed by atoms with Gasteiger partial charge in [0.25, 0.3) is 11.5 Å². The van der Waals surface area contributed by atoms with Crippen LogP contribution in [0.4, 0.5) is 0 Å². The first-order chi connectivity index (χ1) is 10.5. The second kappa shape index (κ2) is 5.41. The van der Waals surface area contributed by atoms with E-state index in [2.05, 4.69) is 15.3 Å². The number of thioether (sulfide) groups is 1. The van der Waals surface area contributed by atoms with Crippen molar-refractivity contribution in [3.05, 3.63) is 38.7 Å². The predicted molar refractivity (Wildman–Crippen MR) is 84.5 cm³/mol. The average Bonchev–Trinajstić information content (AvgIpc) is 3.03. The van der Waals surface area contributed by atoms with Crippen LogP contribution < -0.4 is 16.6 Å². The van der Waals surface area contributed by atoms with Crippen molar-refractivity contribution in [2.24, 2.45) is 19.1 Å². The largest absolute Gasteiger partial charge is 0.332 e. The summed E-state index contributed by atoms with van der Waals surface area (Å²) in [5.41, 5.74) is -0.442. The average molecular weight is 319 g/mol. The van der Waals surface area contributed by atoms with Gasteiger partial charge in [-0.1, -0.05) is 11.8 Å². The minimum atomic E-state index is -0.479. The smallest absolute Gasteiger partial charge is 0.301 e. The number of nitrogens with zero attached hydrogens (tertiary/aromatic N) is 4. The predicted octanol–water partition coefficient (Wildman–Crippen LogP) is -0.535. The highest BCUT2D eigenvalue weighted by molar-refractivity contribution is 8.14. The summed E-state index contributed by atoms with van der Waals surface area (Å²) in [6.07, 6.45) is 1.34. The number of rotatable bonds is 1. The van der Waals surface area contributed by atoms with E-state index >= 15 is 0 Å². The number of carbonyl (C=O) groups is 1. The molecule has 114 valence electrons. The maximum absolute atomic E-state index is 12.2. The molecule has 0 radical (unpaired) electrons. The van der Waals surface area contributed by atoms with Gasteiger partial charge in [-0.25, -0.2) is 9.78 Å². The highest BCUT2D eigenvalue weighted by Crippen LogP contribution is 2.11. The quantitative estimate of drug-likeness (QED) is 0.761. The van der Waals surface area contributed by atoms with Crippen LogP contribution in [-0.4, -0.2) is 37.5 Å². The van der Waals surface area contributed by atoms with E-state index in [1.165, 1.54) is 42.7 Å². The Morgan fingerprint density at radius 2 is 2.09 bits per heavy atom. The highest BCUT2D eigenvalue weighted by Gasteiger charge is 2.16. The van der Waals surface area contributed by atoms with Gasteiger partial charge in [0.1, 0.15) is 5.65 Å². The first-order valence-electron chi connectivity index (χ1n) is 6.53. The lowest BCUT2D eigenvalue weighted by atomic mass is 10.2. The summed E-state index contributed by atoms with van der Waals surface area (Å²) < 4.78 is 2.26. The number of aromatic nitrogens is 3. The fourth-order valence-electron chi connectivity index (χ4n) is 2.17. The number of amides is 1. The molecule has 1 N–H and O–H groups in total. The Kier molecular flexibility index (Phi) is 3.57. The van der Waals surface area contributed by atoms with Gasteiger partial charge < -0.3 is 5.32 Å². The molecular weight excluding hydrogens is 306 g/mol. The lowest BCUT2D eigenvalue weighted by Gasteiger charge is -2.08. The van der Waals surface area contributed by atoms with Gasteiger partial charge in [-0.2, -0.15) is 0 Å². The normalized spacial score (nSPS) is 14.2. The fourth-order valence-corrected chi connectivity index (χ4v) is 2.89. The third kappa shape index (κ3) is 2.33. The van der Waals surface area contributed by atoms with Crippen molar-refractivity contribution in [2.75, 3.05) is 12.3 Å². The highest BCUT2D eigenvalue weighted by atomic mass is 32.2. The molecule has 8 nitrogen and oxygen atoms in total. The molecule has 2 aromatic heterocycles. The van der Waals surface area contributed by atoms with Crippen molar-refractivity contribution < 1.29 is 4.79 Å². The summed E-state index contributed by atoms with van der Waals surface area (Å²) in [5, 5.41) is 3.47. The third-order valence-corrected chi connectivity index (χ3v) is 4.25. The van der Waals surface area contributed by atoms with Crippen LogP contribution in [0.15, 0.2) is 26.8 Å². The molecule has 3 heterocycles. The molecule has 2 aromatic rings. The van der Waals surface area contributed by atoms with E-state index in [0.717, 1.165) is 10.3 Å². The summed E-state index contributed by atoms with van der Waals surface area (Å²) in [4.78, 5) is 44.4. The van der Waals surface area contributed by atoms with Crippen LogP contribution in [0.5, 0.6) is 0 Å². The molecule has 0 atom stereocenters. The van der Waals surface area contributed by atoms with Crippen LogP contribution in [0.1, 0.15) is 10.4 Å². The van der Waals surface area contributed by atoms with Crippen molar-refractivity contribution in [1.29, 1.82) is 0 Å². The Morgan fingerprint density at radius 3 is 2.77 bits per heavy atom. The zero-order chi connectivity index (χ0) is 15.9. The number of aryl methyl sites for hydroxylation is 1. The third-order valence-electron chi connectivity index (χ3n) is 3.36. The minimum absolute atomic E-state index is 0.221. The number of hydrogen-bond acceptors (Lipinski definition) is 6. The van der Waals surface area contributed by atoms with Crippen LogP contribution in [0.25, 0.3) is 11.0 Å². The van der Waals surface area contributed by atoms with Crippen LogP contribution >= 0.6 is 11.8 Å². The van der Waals surface area contributed by atoms with Gasteiger partial charge in [-0.05, 0) is 6.07 Å². The summed E-state index contributed by atoms with van der Waals surface area (Å²) in [6.45, 7) is 0.679. The molecule has 0 aliphatic carbocycles. The first-order valence-corrected chi connectivity index (χ1v) is 7.52. The van der Waals surface area contributed by atoms with Gasteiger partial charge in [0, 0.05) is 26.0 Å². The molecular formula is C13H13N5O3S. The number of aliphatic imine (C=N–C) groups is 1. The monoisotopic (exact) mass is 319 g/mol. The Hall–Kier alpha value is -2.42. The van der Waals surface area contributed by atoms with Crippen LogP contribution in [-0.2, 0) is 14.1 Å². The number of hydrogen-bond donors (Lipinski definition) is 1. The van der Waals surface area contributed by atoms with E-state index in [1.54, 1.807) is 0 Å². The van der Waals surface area contributed by atoms with E-state index in [4.69, 9.17) is 0 Å². The van der Waals surface area contributed by atoms with Gasteiger partial charge in [0.2, 0.25) is 0 Å². The topological polar surface area (TPSA) is 98.3 Å². The molecule has 0 saturated heterocycles. The molecule has 1 amide bonds. The van der Waals surface area contributed by atoms with Gasteiger partial charge in [-0.15, -0.1) is 0 Å². The minimum Gasteiger partial charge on any atom is -0.301 e. The Morgan fingerprint density at radius 1 is 1.32 bits per heavy atom. The van der Waals surface area contributed by atoms with Gasteiger partial charge in [0.15, 0.2) is 5.17 Å². The van der Waals surface area contributed by atoms with Crippen LogP contribution in [0.3, 0.4) is 0 Å².